The summed E-state index contributed by atoms with van der Waals surface area (Å²) in [4.78, 5) is 29.3. The highest BCUT2D eigenvalue weighted by Crippen LogP contribution is 2.16. The number of terminal acetylenes is 1. The second-order valence-corrected chi connectivity index (χ2v) is 5.89. The predicted octanol–water partition coefficient (Wildman–Crippen LogP) is 1.93. The summed E-state index contributed by atoms with van der Waals surface area (Å²) in [5.74, 6) is 2.51. The first-order chi connectivity index (χ1) is 10.9. The molecule has 23 heavy (non-hydrogen) atoms. The molecule has 0 atom stereocenters. The van der Waals surface area contributed by atoms with Gasteiger partial charge < -0.3 is 4.57 Å². The monoisotopic (exact) mass is 334 g/mol. The summed E-state index contributed by atoms with van der Waals surface area (Å²) >= 11 is 6.16. The highest BCUT2D eigenvalue weighted by molar-refractivity contribution is 6.29. The molecule has 6 nitrogen and oxygen atoms in total. The first-order valence-corrected chi connectivity index (χ1v) is 7.68. The third kappa shape index (κ3) is 3.25. The van der Waals surface area contributed by atoms with Crippen molar-refractivity contribution in [2.24, 2.45) is 7.05 Å². The maximum Gasteiger partial charge on any atom is 0.332 e. The van der Waals surface area contributed by atoms with Crippen LogP contribution in [-0.4, -0.2) is 18.7 Å². The van der Waals surface area contributed by atoms with Crippen LogP contribution in [0.2, 0.25) is 5.28 Å². The number of allylic oxidation sites excluding steroid dienone is 2. The van der Waals surface area contributed by atoms with Gasteiger partial charge in [-0.1, -0.05) is 11.6 Å². The van der Waals surface area contributed by atoms with Crippen LogP contribution in [0.3, 0.4) is 0 Å². The van der Waals surface area contributed by atoms with Gasteiger partial charge in [0.15, 0.2) is 11.2 Å². The molecule has 0 N–H and O–H groups in total. The van der Waals surface area contributed by atoms with Crippen molar-refractivity contribution >= 4 is 22.8 Å². The van der Waals surface area contributed by atoms with E-state index in [1.165, 1.54) is 9.13 Å². The number of unbranched alkanes of at least 4 members (excludes halogenated alkanes) is 1. The van der Waals surface area contributed by atoms with Crippen LogP contribution in [-0.2, 0) is 20.1 Å². The summed E-state index contributed by atoms with van der Waals surface area (Å²) < 4.78 is 4.15. The van der Waals surface area contributed by atoms with Crippen molar-refractivity contribution in [2.75, 3.05) is 0 Å². The van der Waals surface area contributed by atoms with Crippen molar-refractivity contribution in [1.29, 1.82) is 0 Å². The lowest BCUT2D eigenvalue weighted by atomic mass is 10.3. The second-order valence-electron chi connectivity index (χ2n) is 5.55. The van der Waals surface area contributed by atoms with Crippen LogP contribution in [0.5, 0.6) is 0 Å². The molecule has 0 saturated carbocycles. The Balaban J connectivity index is 2.69. The Labute approximate surface area is 139 Å². The molecule has 0 unspecified atom stereocenters. The zero-order chi connectivity index (χ0) is 17.1. The van der Waals surface area contributed by atoms with Gasteiger partial charge in [0.2, 0.25) is 5.28 Å². The summed E-state index contributed by atoms with van der Waals surface area (Å²) in [5.41, 5.74) is 0.919. The first kappa shape index (κ1) is 17.1. The highest BCUT2D eigenvalue weighted by atomic mass is 35.5. The van der Waals surface area contributed by atoms with E-state index in [9.17, 15) is 9.59 Å². The van der Waals surface area contributed by atoms with Gasteiger partial charge in [-0.15, -0.1) is 12.3 Å². The lowest BCUT2D eigenvalue weighted by molar-refractivity contribution is 0.578. The smallest absolute Gasteiger partial charge is 0.305 e. The van der Waals surface area contributed by atoms with Crippen molar-refractivity contribution in [3.63, 3.8) is 0 Å². The Morgan fingerprint density at radius 2 is 2.04 bits per heavy atom. The highest BCUT2D eigenvalue weighted by Gasteiger charge is 2.18. The van der Waals surface area contributed by atoms with Gasteiger partial charge in [-0.3, -0.25) is 13.9 Å². The topological polar surface area (TPSA) is 61.8 Å². The molecule has 0 amide bonds. The summed E-state index contributed by atoms with van der Waals surface area (Å²) in [6.45, 7) is 4.62. The number of hydrogen-bond donors (Lipinski definition) is 0. The zero-order valence-electron chi connectivity index (χ0n) is 13.5. The molecule has 122 valence electrons. The molecule has 0 radical (unpaired) electrons. The fourth-order valence-electron chi connectivity index (χ4n) is 2.32. The van der Waals surface area contributed by atoms with E-state index in [2.05, 4.69) is 10.9 Å². The minimum Gasteiger partial charge on any atom is -0.305 e. The Kier molecular flexibility index (Phi) is 5.12. The fourth-order valence-corrected chi connectivity index (χ4v) is 2.56. The van der Waals surface area contributed by atoms with Crippen LogP contribution in [0, 0.1) is 12.3 Å². The predicted molar refractivity (Wildman–Crippen MR) is 91.7 cm³/mol. The van der Waals surface area contributed by atoms with Crippen LogP contribution in [0.4, 0.5) is 0 Å². The summed E-state index contributed by atoms with van der Waals surface area (Å²) in [6.07, 6.45) is 8.24. The van der Waals surface area contributed by atoms with Gasteiger partial charge in [0, 0.05) is 26.6 Å². The molecule has 2 aromatic heterocycles. The van der Waals surface area contributed by atoms with E-state index in [1.807, 2.05) is 19.9 Å². The minimum absolute atomic E-state index is 0.186. The molecule has 0 aliphatic carbocycles. The summed E-state index contributed by atoms with van der Waals surface area (Å²) in [6, 6.07) is 0. The molecule has 0 fully saturated rings. The van der Waals surface area contributed by atoms with Gasteiger partial charge in [0.05, 0.1) is 0 Å². The van der Waals surface area contributed by atoms with E-state index < -0.39 is 5.69 Å². The van der Waals surface area contributed by atoms with Gasteiger partial charge >= 0.3 is 5.69 Å². The second kappa shape index (κ2) is 6.88. The number of halogens is 1. The number of fused-ring (bicyclic) bond motifs is 1. The summed E-state index contributed by atoms with van der Waals surface area (Å²) in [7, 11) is 1.58. The molecule has 0 aromatic carbocycles. The molecule has 0 bridgehead atoms. The summed E-state index contributed by atoms with van der Waals surface area (Å²) in [5, 5.41) is 0.186. The van der Waals surface area contributed by atoms with Gasteiger partial charge in [-0.05, 0) is 31.9 Å². The number of aromatic nitrogens is 4. The van der Waals surface area contributed by atoms with Crippen molar-refractivity contribution in [3.05, 3.63) is 37.8 Å². The van der Waals surface area contributed by atoms with Crippen LogP contribution in [0.1, 0.15) is 26.7 Å². The average Bonchev–Trinajstić information content (AvgIpc) is 2.83. The van der Waals surface area contributed by atoms with E-state index in [0.717, 1.165) is 5.57 Å². The standard InChI is InChI=1S/C16H19ClN4O2/c1-5-6-7-9-21-14(22)12-13(19(4)16(21)23)18-15(17)20(12)10-8-11(2)3/h1,8H,6-7,9-10H2,2-4H3. The minimum atomic E-state index is -0.414. The third-order valence-electron chi connectivity index (χ3n) is 3.57. The Hall–Kier alpha value is -2.26. The van der Waals surface area contributed by atoms with E-state index in [-0.39, 0.29) is 17.4 Å². The SMILES string of the molecule is C#CCCCn1c(=O)c2c(nc(Cl)n2CC=C(C)C)n(C)c1=O. The number of imidazole rings is 1. The van der Waals surface area contributed by atoms with Crippen LogP contribution in [0.15, 0.2) is 21.2 Å². The molecular formula is C16H19ClN4O2. The molecular weight excluding hydrogens is 316 g/mol. The van der Waals surface area contributed by atoms with Crippen molar-refractivity contribution in [2.45, 2.75) is 39.8 Å². The van der Waals surface area contributed by atoms with Crippen LogP contribution < -0.4 is 11.2 Å². The molecule has 2 aromatic rings. The molecule has 0 saturated heterocycles. The van der Waals surface area contributed by atoms with E-state index in [1.54, 1.807) is 11.6 Å². The zero-order valence-corrected chi connectivity index (χ0v) is 14.2. The third-order valence-corrected chi connectivity index (χ3v) is 3.86. The lowest BCUT2D eigenvalue weighted by Crippen LogP contribution is -2.39. The number of hydrogen-bond acceptors (Lipinski definition) is 3. The molecule has 2 rings (SSSR count). The Bertz CT molecular complexity index is 921. The maximum atomic E-state index is 12.7. The number of rotatable bonds is 5. The van der Waals surface area contributed by atoms with Gasteiger partial charge in [-0.2, -0.15) is 4.98 Å². The average molecular weight is 335 g/mol. The molecule has 2 heterocycles. The Morgan fingerprint density at radius 1 is 1.35 bits per heavy atom. The normalized spacial score (nSPS) is 10.7. The van der Waals surface area contributed by atoms with Crippen LogP contribution >= 0.6 is 11.6 Å². The molecule has 0 aliphatic heterocycles. The van der Waals surface area contributed by atoms with E-state index >= 15 is 0 Å². The molecule has 7 heteroatoms. The number of aryl methyl sites for hydroxylation is 1. The van der Waals surface area contributed by atoms with Crippen LogP contribution in [0.25, 0.3) is 11.2 Å². The van der Waals surface area contributed by atoms with Crippen molar-refractivity contribution in [1.82, 2.24) is 18.7 Å². The number of nitrogens with zero attached hydrogens (tertiary/aromatic N) is 4. The van der Waals surface area contributed by atoms with Crippen molar-refractivity contribution in [3.8, 4) is 12.3 Å². The van der Waals surface area contributed by atoms with Gasteiger partial charge in [0.1, 0.15) is 0 Å². The maximum absolute atomic E-state index is 12.7. The van der Waals surface area contributed by atoms with E-state index in [4.69, 9.17) is 18.0 Å². The molecule has 0 spiro atoms. The first-order valence-electron chi connectivity index (χ1n) is 7.30. The van der Waals surface area contributed by atoms with Crippen molar-refractivity contribution < 1.29 is 0 Å². The van der Waals surface area contributed by atoms with Gasteiger partial charge in [0.25, 0.3) is 5.56 Å². The largest absolute Gasteiger partial charge is 0.332 e. The fraction of sp³-hybridized carbons (Fsp3) is 0.438. The Morgan fingerprint density at radius 3 is 2.65 bits per heavy atom. The van der Waals surface area contributed by atoms with E-state index in [0.29, 0.717) is 30.6 Å². The van der Waals surface area contributed by atoms with Gasteiger partial charge in [-0.25, -0.2) is 4.79 Å². The molecule has 0 aliphatic rings. The quantitative estimate of drug-likeness (QED) is 0.363. The lowest BCUT2D eigenvalue weighted by Gasteiger charge is -2.08.